The molecule has 1 heterocycles. The molecule has 6 nitrogen and oxygen atoms in total. The maximum atomic E-state index is 11.1. The lowest BCUT2D eigenvalue weighted by Crippen LogP contribution is -2.05. The Morgan fingerprint density at radius 1 is 1.35 bits per heavy atom. The van der Waals surface area contributed by atoms with E-state index in [0.717, 1.165) is 5.56 Å². The van der Waals surface area contributed by atoms with E-state index in [4.69, 9.17) is 15.2 Å². The molecule has 20 heavy (non-hydrogen) atoms. The summed E-state index contributed by atoms with van der Waals surface area (Å²) >= 11 is 1.21. The van der Waals surface area contributed by atoms with Crippen LogP contribution in [0.5, 0.6) is 11.5 Å². The van der Waals surface area contributed by atoms with Crippen molar-refractivity contribution in [3.8, 4) is 22.8 Å². The van der Waals surface area contributed by atoms with E-state index in [9.17, 15) is 4.79 Å². The predicted molar refractivity (Wildman–Crippen MR) is 79.4 cm³/mol. The van der Waals surface area contributed by atoms with Gasteiger partial charge >= 0.3 is 0 Å². The summed E-state index contributed by atoms with van der Waals surface area (Å²) < 4.78 is 10.5. The summed E-state index contributed by atoms with van der Waals surface area (Å²) in [5.74, 6) is 1.12. The van der Waals surface area contributed by atoms with Crippen LogP contribution in [-0.4, -0.2) is 25.1 Å². The number of hydrogen-bond donors (Lipinski definition) is 2. The van der Waals surface area contributed by atoms with Crippen LogP contribution in [0, 0.1) is 0 Å². The fraction of sp³-hybridized carbons (Fsp3) is 0.231. The summed E-state index contributed by atoms with van der Waals surface area (Å²) in [7, 11) is 3.15. The summed E-state index contributed by atoms with van der Waals surface area (Å²) in [6.07, 6.45) is 0. The highest BCUT2D eigenvalue weighted by atomic mass is 32.1. The zero-order valence-corrected chi connectivity index (χ0v) is 12.2. The molecule has 0 saturated carbocycles. The van der Waals surface area contributed by atoms with Gasteiger partial charge in [0.2, 0.25) is 5.91 Å². The van der Waals surface area contributed by atoms with Gasteiger partial charge in [-0.2, -0.15) is 0 Å². The molecule has 2 aromatic rings. The van der Waals surface area contributed by atoms with E-state index < -0.39 is 0 Å². The first-order valence-electron chi connectivity index (χ1n) is 5.81. The number of thiazole rings is 1. The third-order valence-corrected chi connectivity index (χ3v) is 3.40. The smallest absolute Gasteiger partial charge is 0.223 e. The number of ether oxygens (including phenoxy) is 2. The Morgan fingerprint density at radius 3 is 2.70 bits per heavy atom. The number of carbonyl (C=O) groups excluding carboxylic acids is 1. The Morgan fingerprint density at radius 2 is 2.10 bits per heavy atom. The SMILES string of the molecule is COc1ccc(OC)c(-c2nc(NC(C)=O)sc2N)c1. The molecule has 0 aliphatic rings. The fourth-order valence-electron chi connectivity index (χ4n) is 1.73. The van der Waals surface area contributed by atoms with E-state index in [1.165, 1.54) is 18.3 Å². The van der Waals surface area contributed by atoms with Gasteiger partial charge in [-0.05, 0) is 18.2 Å². The predicted octanol–water partition coefficient (Wildman–Crippen LogP) is 2.37. The average Bonchev–Trinajstić information content (AvgIpc) is 2.77. The third kappa shape index (κ3) is 2.83. The summed E-state index contributed by atoms with van der Waals surface area (Å²) in [5.41, 5.74) is 7.26. The lowest BCUT2D eigenvalue weighted by Gasteiger charge is -2.09. The van der Waals surface area contributed by atoms with Crippen molar-refractivity contribution >= 4 is 27.4 Å². The molecular formula is C13H15N3O3S. The van der Waals surface area contributed by atoms with E-state index in [0.29, 0.717) is 27.3 Å². The lowest BCUT2D eigenvalue weighted by molar-refractivity contribution is -0.114. The summed E-state index contributed by atoms with van der Waals surface area (Å²) in [6.45, 7) is 1.42. The van der Waals surface area contributed by atoms with Gasteiger partial charge in [0.05, 0.1) is 14.2 Å². The van der Waals surface area contributed by atoms with E-state index in [2.05, 4.69) is 10.3 Å². The van der Waals surface area contributed by atoms with Gasteiger partial charge in [-0.25, -0.2) is 4.98 Å². The molecule has 0 atom stereocenters. The minimum atomic E-state index is -0.192. The van der Waals surface area contributed by atoms with Crippen LogP contribution in [0.4, 0.5) is 10.1 Å². The van der Waals surface area contributed by atoms with Gasteiger partial charge in [0, 0.05) is 12.5 Å². The summed E-state index contributed by atoms with van der Waals surface area (Å²) in [4.78, 5) is 15.4. The Bertz CT molecular complexity index is 640. The molecular weight excluding hydrogens is 278 g/mol. The van der Waals surface area contributed by atoms with Gasteiger partial charge in [0.25, 0.3) is 0 Å². The number of amides is 1. The average molecular weight is 293 g/mol. The van der Waals surface area contributed by atoms with Crippen molar-refractivity contribution in [1.29, 1.82) is 0 Å². The minimum absolute atomic E-state index is 0.192. The second-order valence-corrected chi connectivity index (χ2v) is 5.01. The normalized spacial score (nSPS) is 10.2. The zero-order valence-electron chi connectivity index (χ0n) is 11.4. The van der Waals surface area contributed by atoms with Gasteiger partial charge in [0.1, 0.15) is 22.2 Å². The lowest BCUT2D eigenvalue weighted by atomic mass is 10.1. The van der Waals surface area contributed by atoms with Crippen LogP contribution in [0.2, 0.25) is 0 Å². The molecule has 0 aliphatic carbocycles. The standard InChI is InChI=1S/C13H15N3O3S/c1-7(17)15-13-16-11(12(14)20-13)9-6-8(18-2)4-5-10(9)19-3/h4-6H,14H2,1-3H3,(H,15,16,17). The van der Waals surface area contributed by atoms with E-state index in [-0.39, 0.29) is 5.91 Å². The molecule has 7 heteroatoms. The molecule has 1 aromatic carbocycles. The Balaban J connectivity index is 2.49. The van der Waals surface area contributed by atoms with Crippen LogP contribution >= 0.6 is 11.3 Å². The van der Waals surface area contributed by atoms with Crippen molar-refractivity contribution in [3.63, 3.8) is 0 Å². The third-order valence-electron chi connectivity index (χ3n) is 2.60. The molecule has 0 radical (unpaired) electrons. The van der Waals surface area contributed by atoms with Crippen LogP contribution < -0.4 is 20.5 Å². The monoisotopic (exact) mass is 293 g/mol. The molecule has 0 bridgehead atoms. The number of carbonyl (C=O) groups is 1. The van der Waals surface area contributed by atoms with Crippen LogP contribution in [-0.2, 0) is 4.79 Å². The largest absolute Gasteiger partial charge is 0.497 e. The number of methoxy groups -OCH3 is 2. The van der Waals surface area contributed by atoms with Crippen molar-refractivity contribution in [1.82, 2.24) is 4.98 Å². The highest BCUT2D eigenvalue weighted by Crippen LogP contribution is 2.39. The van der Waals surface area contributed by atoms with Crippen LogP contribution in [0.25, 0.3) is 11.3 Å². The highest BCUT2D eigenvalue weighted by Gasteiger charge is 2.16. The number of aromatic nitrogens is 1. The van der Waals surface area contributed by atoms with Gasteiger partial charge < -0.3 is 20.5 Å². The van der Waals surface area contributed by atoms with Gasteiger partial charge in [-0.3, -0.25) is 4.79 Å². The van der Waals surface area contributed by atoms with Gasteiger partial charge in [-0.1, -0.05) is 11.3 Å². The zero-order chi connectivity index (χ0) is 14.7. The first-order valence-corrected chi connectivity index (χ1v) is 6.63. The second-order valence-electron chi connectivity index (χ2n) is 3.98. The Labute approximate surface area is 120 Å². The molecule has 106 valence electrons. The quantitative estimate of drug-likeness (QED) is 0.903. The number of anilines is 2. The molecule has 3 N–H and O–H groups in total. The van der Waals surface area contributed by atoms with Crippen molar-refractivity contribution in [2.24, 2.45) is 0 Å². The van der Waals surface area contributed by atoms with Crippen LogP contribution in [0.3, 0.4) is 0 Å². The maximum Gasteiger partial charge on any atom is 0.223 e. The van der Waals surface area contributed by atoms with Gasteiger partial charge in [-0.15, -0.1) is 0 Å². The Kier molecular flexibility index (Phi) is 4.09. The first kappa shape index (κ1) is 14.1. The van der Waals surface area contributed by atoms with Crippen molar-refractivity contribution in [3.05, 3.63) is 18.2 Å². The number of rotatable bonds is 4. The first-order chi connectivity index (χ1) is 9.55. The molecule has 0 unspecified atom stereocenters. The topological polar surface area (TPSA) is 86.5 Å². The molecule has 1 amide bonds. The number of nitrogen functional groups attached to an aromatic ring is 1. The number of benzene rings is 1. The van der Waals surface area contributed by atoms with Crippen molar-refractivity contribution < 1.29 is 14.3 Å². The van der Waals surface area contributed by atoms with E-state index in [1.807, 2.05) is 0 Å². The molecule has 0 aliphatic heterocycles. The number of nitrogens with zero attached hydrogens (tertiary/aromatic N) is 1. The maximum absolute atomic E-state index is 11.1. The second kappa shape index (κ2) is 5.79. The van der Waals surface area contributed by atoms with Crippen molar-refractivity contribution in [2.45, 2.75) is 6.92 Å². The van der Waals surface area contributed by atoms with Crippen LogP contribution in [0.15, 0.2) is 18.2 Å². The summed E-state index contributed by atoms with van der Waals surface area (Å²) in [6, 6.07) is 5.37. The molecule has 0 fully saturated rings. The summed E-state index contributed by atoms with van der Waals surface area (Å²) in [5, 5.41) is 3.57. The molecule has 1 aromatic heterocycles. The van der Waals surface area contributed by atoms with Crippen molar-refractivity contribution in [2.75, 3.05) is 25.3 Å². The minimum Gasteiger partial charge on any atom is -0.497 e. The number of nitrogens with one attached hydrogen (secondary N) is 1. The van der Waals surface area contributed by atoms with E-state index in [1.54, 1.807) is 32.4 Å². The van der Waals surface area contributed by atoms with Crippen LogP contribution in [0.1, 0.15) is 6.92 Å². The number of hydrogen-bond acceptors (Lipinski definition) is 6. The highest BCUT2D eigenvalue weighted by molar-refractivity contribution is 7.20. The molecule has 0 saturated heterocycles. The van der Waals surface area contributed by atoms with E-state index >= 15 is 0 Å². The molecule has 2 rings (SSSR count). The Hall–Kier alpha value is -2.28. The number of nitrogens with two attached hydrogens (primary N) is 1. The molecule has 0 spiro atoms. The fourth-order valence-corrected chi connectivity index (χ4v) is 2.52. The van der Waals surface area contributed by atoms with Gasteiger partial charge in [0.15, 0.2) is 5.13 Å².